The average Bonchev–Trinajstić information content (AvgIpc) is 2.37. The van der Waals surface area contributed by atoms with E-state index in [1.807, 2.05) is 0 Å². The molecule has 72 valence electrons. The lowest BCUT2D eigenvalue weighted by atomic mass is 9.67. The number of fused-ring (bicyclic) bond motifs is 5. The van der Waals surface area contributed by atoms with E-state index in [1.54, 1.807) is 6.42 Å². The van der Waals surface area contributed by atoms with Gasteiger partial charge in [-0.05, 0) is 42.1 Å². The van der Waals surface area contributed by atoms with Gasteiger partial charge in [0.2, 0.25) is 0 Å². The van der Waals surface area contributed by atoms with Crippen LogP contribution in [0, 0.1) is 23.7 Å². The Morgan fingerprint density at radius 3 is 2.31 bits per heavy atom. The number of hydrogen-bond donors (Lipinski definition) is 0. The van der Waals surface area contributed by atoms with Crippen LogP contribution in [0.3, 0.4) is 0 Å². The molecule has 0 aliphatic heterocycles. The Bertz CT molecular complexity index is 261. The van der Waals surface area contributed by atoms with Gasteiger partial charge in [0.1, 0.15) is 0 Å². The Kier molecular flexibility index (Phi) is 1.47. The molecule has 0 saturated heterocycles. The molecule has 2 saturated carbocycles. The van der Waals surface area contributed by atoms with Gasteiger partial charge < -0.3 is 0 Å². The summed E-state index contributed by atoms with van der Waals surface area (Å²) in [7, 11) is -0.831. The molecule has 1 heteroatoms. The van der Waals surface area contributed by atoms with Crippen LogP contribution in [-0.4, -0.2) is 8.07 Å². The second kappa shape index (κ2) is 2.30. The van der Waals surface area contributed by atoms with Gasteiger partial charge in [0.25, 0.3) is 0 Å². The van der Waals surface area contributed by atoms with Crippen molar-refractivity contribution in [2.45, 2.75) is 38.0 Å². The maximum atomic E-state index is 2.56. The van der Waals surface area contributed by atoms with Gasteiger partial charge in [-0.25, -0.2) is 0 Å². The predicted molar refractivity (Wildman–Crippen MR) is 59.4 cm³/mol. The molecule has 2 fully saturated rings. The fourth-order valence-corrected chi connectivity index (χ4v) is 6.71. The van der Waals surface area contributed by atoms with Gasteiger partial charge in [0.15, 0.2) is 0 Å². The molecule has 0 heterocycles. The highest BCUT2D eigenvalue weighted by atomic mass is 28.3. The lowest BCUT2D eigenvalue weighted by Gasteiger charge is -2.51. The molecule has 0 aromatic carbocycles. The third kappa shape index (κ3) is 0.970. The summed E-state index contributed by atoms with van der Waals surface area (Å²) in [4.78, 5) is 0. The Labute approximate surface area is 82.4 Å². The quantitative estimate of drug-likeness (QED) is 0.440. The van der Waals surface area contributed by atoms with Crippen LogP contribution in [0.1, 0.15) is 12.8 Å². The maximum Gasteiger partial charge on any atom is 0.0476 e. The summed E-state index contributed by atoms with van der Waals surface area (Å²) in [5.74, 6) is 4.25. The molecule has 3 rings (SSSR count). The van der Waals surface area contributed by atoms with E-state index in [0.717, 1.165) is 29.2 Å². The Morgan fingerprint density at radius 1 is 1.00 bits per heavy atom. The number of rotatable bonds is 1. The fraction of sp³-hybridized carbons (Fsp3) is 0.833. The van der Waals surface area contributed by atoms with E-state index in [-0.39, 0.29) is 0 Å². The smallest absolute Gasteiger partial charge is 0.0476 e. The molecule has 0 aromatic heterocycles. The zero-order valence-corrected chi connectivity index (χ0v) is 9.96. The summed E-state index contributed by atoms with van der Waals surface area (Å²) in [5.41, 5.74) is 1.15. The summed E-state index contributed by atoms with van der Waals surface area (Å²) in [6.07, 6.45) is 8.12. The van der Waals surface area contributed by atoms with E-state index < -0.39 is 8.07 Å². The molecule has 5 atom stereocenters. The van der Waals surface area contributed by atoms with Crippen LogP contribution in [-0.2, 0) is 0 Å². The molecule has 0 aromatic rings. The summed E-state index contributed by atoms with van der Waals surface area (Å²) in [5, 5.41) is 0. The van der Waals surface area contributed by atoms with Crippen molar-refractivity contribution in [3.63, 3.8) is 0 Å². The van der Waals surface area contributed by atoms with Gasteiger partial charge in [0.05, 0.1) is 0 Å². The summed E-state index contributed by atoms with van der Waals surface area (Å²) < 4.78 is 0. The minimum Gasteiger partial charge on any atom is -0.0848 e. The maximum absolute atomic E-state index is 2.56. The highest BCUT2D eigenvalue weighted by Gasteiger charge is 2.57. The van der Waals surface area contributed by atoms with Crippen molar-refractivity contribution in [2.75, 3.05) is 0 Å². The van der Waals surface area contributed by atoms with Crippen LogP contribution >= 0.6 is 0 Å². The van der Waals surface area contributed by atoms with Gasteiger partial charge in [-0.3, -0.25) is 0 Å². The molecule has 0 amide bonds. The lowest BCUT2D eigenvalue weighted by Crippen LogP contribution is -2.47. The van der Waals surface area contributed by atoms with E-state index in [9.17, 15) is 0 Å². The van der Waals surface area contributed by atoms with Crippen LogP contribution in [0.25, 0.3) is 0 Å². The molecule has 0 radical (unpaired) electrons. The topological polar surface area (TPSA) is 0 Å². The molecule has 3 aliphatic rings. The Morgan fingerprint density at radius 2 is 1.69 bits per heavy atom. The van der Waals surface area contributed by atoms with Crippen molar-refractivity contribution in [1.29, 1.82) is 0 Å². The summed E-state index contributed by atoms with van der Waals surface area (Å²) in [6, 6.07) is 0. The third-order valence-corrected chi connectivity index (χ3v) is 7.64. The molecule has 0 N–H and O–H groups in total. The lowest BCUT2D eigenvalue weighted by molar-refractivity contribution is 0.156. The highest BCUT2D eigenvalue weighted by Crippen LogP contribution is 2.65. The predicted octanol–water partition coefficient (Wildman–Crippen LogP) is 3.54. The molecule has 2 bridgehead atoms. The second-order valence-corrected chi connectivity index (χ2v) is 11.9. The summed E-state index contributed by atoms with van der Waals surface area (Å²) in [6.45, 7) is 7.68. The van der Waals surface area contributed by atoms with Crippen LogP contribution in [0.2, 0.25) is 25.2 Å². The minimum absolute atomic E-state index is 0.831. The standard InChI is InChI=1S/C12H20Si/c1-13(2,3)11-7-10-8-4-5-9(6-8)12(10)11/h4-5,8-12H,6-7H2,1-3H3. The molecular weight excluding hydrogens is 172 g/mol. The van der Waals surface area contributed by atoms with Crippen LogP contribution in [0.5, 0.6) is 0 Å². The van der Waals surface area contributed by atoms with E-state index in [4.69, 9.17) is 0 Å². The number of hydrogen-bond acceptors (Lipinski definition) is 0. The number of allylic oxidation sites excluding steroid dienone is 2. The first-order chi connectivity index (χ1) is 6.07. The summed E-state index contributed by atoms with van der Waals surface area (Å²) >= 11 is 0. The first-order valence-corrected chi connectivity index (χ1v) is 9.33. The van der Waals surface area contributed by atoms with Gasteiger partial charge in [-0.15, -0.1) is 0 Å². The van der Waals surface area contributed by atoms with Gasteiger partial charge in [0, 0.05) is 8.07 Å². The largest absolute Gasteiger partial charge is 0.0848 e. The third-order valence-electron chi connectivity index (χ3n) is 4.79. The van der Waals surface area contributed by atoms with E-state index >= 15 is 0 Å². The van der Waals surface area contributed by atoms with Crippen LogP contribution < -0.4 is 0 Å². The van der Waals surface area contributed by atoms with Gasteiger partial charge >= 0.3 is 0 Å². The first-order valence-electron chi connectivity index (χ1n) is 5.76. The molecule has 13 heavy (non-hydrogen) atoms. The first kappa shape index (κ1) is 8.28. The van der Waals surface area contributed by atoms with Crippen molar-refractivity contribution >= 4 is 8.07 Å². The zero-order chi connectivity index (χ0) is 9.22. The monoisotopic (exact) mass is 192 g/mol. The van der Waals surface area contributed by atoms with Crippen molar-refractivity contribution < 1.29 is 0 Å². The van der Waals surface area contributed by atoms with Crippen molar-refractivity contribution in [3.05, 3.63) is 12.2 Å². The van der Waals surface area contributed by atoms with Crippen molar-refractivity contribution in [1.82, 2.24) is 0 Å². The normalized spacial score (nSPS) is 52.1. The fourth-order valence-electron chi connectivity index (χ4n) is 4.08. The molecule has 3 aliphatic carbocycles. The average molecular weight is 192 g/mol. The second-order valence-electron chi connectivity index (χ2n) is 6.40. The molecular formula is C12H20Si. The minimum atomic E-state index is -0.831. The Hall–Kier alpha value is -0.0431. The van der Waals surface area contributed by atoms with E-state index in [0.29, 0.717) is 0 Å². The zero-order valence-electron chi connectivity index (χ0n) is 8.96. The van der Waals surface area contributed by atoms with Gasteiger partial charge in [-0.2, -0.15) is 0 Å². The molecule has 5 unspecified atom stereocenters. The van der Waals surface area contributed by atoms with E-state index in [1.165, 1.54) is 6.42 Å². The van der Waals surface area contributed by atoms with E-state index in [2.05, 4.69) is 31.8 Å². The highest BCUT2D eigenvalue weighted by molar-refractivity contribution is 6.77. The molecule has 0 nitrogen and oxygen atoms in total. The SMILES string of the molecule is C[Si](C)(C)C1CC2C3C=CC(C3)C21. The van der Waals surface area contributed by atoms with Crippen molar-refractivity contribution in [3.8, 4) is 0 Å². The van der Waals surface area contributed by atoms with Crippen LogP contribution in [0.4, 0.5) is 0 Å². The van der Waals surface area contributed by atoms with Gasteiger partial charge in [-0.1, -0.05) is 31.8 Å². The Balaban J connectivity index is 1.83. The van der Waals surface area contributed by atoms with Crippen LogP contribution in [0.15, 0.2) is 12.2 Å². The van der Waals surface area contributed by atoms with Crippen molar-refractivity contribution in [2.24, 2.45) is 23.7 Å². The molecule has 0 spiro atoms.